The number of fused-ring (bicyclic) bond motifs is 1. The molecule has 0 aliphatic rings. The number of hydrogen-bond acceptors (Lipinski definition) is 0. The molecule has 1 heterocycles. The van der Waals surface area contributed by atoms with Crippen molar-refractivity contribution in [2.24, 2.45) is 0 Å². The predicted molar refractivity (Wildman–Crippen MR) is 61.6 cm³/mol. The number of nitrogens with one attached hydrogen (secondary N) is 1. The topological polar surface area (TPSA) is 15.8 Å². The van der Waals surface area contributed by atoms with Gasteiger partial charge in [0.05, 0.1) is 0 Å². The maximum atomic E-state index is 3.33. The fourth-order valence-electron chi connectivity index (χ4n) is 1.82. The minimum atomic E-state index is 0.263. The zero-order valence-electron chi connectivity index (χ0n) is 9.09. The number of H-pyrrole nitrogens is 1. The molecule has 0 radical (unpaired) electrons. The first-order valence-electron chi connectivity index (χ1n) is 5.22. The third-order valence-corrected chi connectivity index (χ3v) is 3.20. The highest BCUT2D eigenvalue weighted by Gasteiger charge is 2.21. The van der Waals surface area contributed by atoms with Crippen molar-refractivity contribution in [3.8, 4) is 0 Å². The molecular formula is C13H17N. The molecule has 0 atom stereocenters. The van der Waals surface area contributed by atoms with E-state index in [4.69, 9.17) is 0 Å². The number of aromatic amines is 1. The van der Waals surface area contributed by atoms with Gasteiger partial charge < -0.3 is 4.98 Å². The largest absolute Gasteiger partial charge is 0.361 e. The molecule has 74 valence electrons. The molecule has 0 aliphatic heterocycles. The van der Waals surface area contributed by atoms with Crippen LogP contribution in [0.25, 0.3) is 10.9 Å². The molecule has 0 amide bonds. The molecule has 0 fully saturated rings. The van der Waals surface area contributed by atoms with E-state index in [9.17, 15) is 0 Å². The summed E-state index contributed by atoms with van der Waals surface area (Å²) in [6.07, 6.45) is 3.31. The first-order valence-corrected chi connectivity index (χ1v) is 5.22. The van der Waals surface area contributed by atoms with Crippen LogP contribution in [0, 0.1) is 0 Å². The lowest BCUT2D eigenvalue weighted by Gasteiger charge is -2.21. The Morgan fingerprint density at radius 3 is 2.64 bits per heavy atom. The third kappa shape index (κ3) is 1.33. The van der Waals surface area contributed by atoms with Crippen molar-refractivity contribution in [3.05, 3.63) is 36.0 Å². The molecule has 0 aliphatic carbocycles. The minimum absolute atomic E-state index is 0.263. The van der Waals surface area contributed by atoms with Crippen molar-refractivity contribution in [1.29, 1.82) is 0 Å². The SMILES string of the molecule is CCC(C)(C)c1c[nH]c2ccccc12. The standard InChI is InChI=1S/C13H17N/c1-4-13(2,3)11-9-14-12-8-6-5-7-10(11)12/h5-9,14H,4H2,1-3H3. The maximum absolute atomic E-state index is 3.33. The van der Waals surface area contributed by atoms with Crippen molar-refractivity contribution in [2.45, 2.75) is 32.6 Å². The van der Waals surface area contributed by atoms with Gasteiger partial charge in [-0.05, 0) is 23.5 Å². The predicted octanol–water partition coefficient (Wildman–Crippen LogP) is 3.86. The average Bonchev–Trinajstić information content (AvgIpc) is 2.61. The Morgan fingerprint density at radius 1 is 1.21 bits per heavy atom. The average molecular weight is 187 g/mol. The summed E-state index contributed by atoms with van der Waals surface area (Å²) in [6, 6.07) is 8.50. The van der Waals surface area contributed by atoms with Crippen LogP contribution in [0.15, 0.2) is 30.5 Å². The van der Waals surface area contributed by atoms with Crippen molar-refractivity contribution in [3.63, 3.8) is 0 Å². The summed E-state index contributed by atoms with van der Waals surface area (Å²) in [5.74, 6) is 0. The summed E-state index contributed by atoms with van der Waals surface area (Å²) in [5.41, 5.74) is 2.93. The van der Waals surface area contributed by atoms with E-state index in [2.05, 4.69) is 56.2 Å². The molecule has 0 saturated carbocycles. The molecule has 2 rings (SSSR count). The van der Waals surface area contributed by atoms with E-state index in [1.807, 2.05) is 0 Å². The number of hydrogen-bond donors (Lipinski definition) is 1. The molecule has 0 unspecified atom stereocenters. The van der Waals surface area contributed by atoms with Gasteiger partial charge in [0.25, 0.3) is 0 Å². The van der Waals surface area contributed by atoms with E-state index in [1.165, 1.54) is 16.5 Å². The van der Waals surface area contributed by atoms with Crippen molar-refractivity contribution >= 4 is 10.9 Å². The van der Waals surface area contributed by atoms with Gasteiger partial charge in [-0.25, -0.2) is 0 Å². The number of aromatic nitrogens is 1. The Hall–Kier alpha value is -1.24. The highest BCUT2D eigenvalue weighted by Crippen LogP contribution is 2.32. The van der Waals surface area contributed by atoms with Gasteiger partial charge in [0.2, 0.25) is 0 Å². The van der Waals surface area contributed by atoms with E-state index in [1.54, 1.807) is 0 Å². The zero-order valence-corrected chi connectivity index (χ0v) is 9.09. The molecule has 1 nitrogen and oxygen atoms in total. The van der Waals surface area contributed by atoms with Crippen LogP contribution in [-0.2, 0) is 5.41 Å². The van der Waals surface area contributed by atoms with Crippen LogP contribution in [0.1, 0.15) is 32.8 Å². The molecule has 0 bridgehead atoms. The van der Waals surface area contributed by atoms with Gasteiger partial charge in [-0.3, -0.25) is 0 Å². The van der Waals surface area contributed by atoms with Crippen molar-refractivity contribution < 1.29 is 0 Å². The number of para-hydroxylation sites is 1. The van der Waals surface area contributed by atoms with Gasteiger partial charge in [0.15, 0.2) is 0 Å². The van der Waals surface area contributed by atoms with Crippen molar-refractivity contribution in [1.82, 2.24) is 4.98 Å². The second kappa shape index (κ2) is 3.16. The highest BCUT2D eigenvalue weighted by atomic mass is 14.7. The molecule has 1 N–H and O–H groups in total. The summed E-state index contributed by atoms with van der Waals surface area (Å²) < 4.78 is 0. The normalized spacial score (nSPS) is 12.2. The molecule has 1 aromatic heterocycles. The Labute approximate surface area is 85.1 Å². The lowest BCUT2D eigenvalue weighted by molar-refractivity contribution is 0.510. The monoisotopic (exact) mass is 187 g/mol. The molecule has 1 heteroatoms. The Kier molecular flexibility index (Phi) is 2.10. The molecule has 2 aromatic rings. The van der Waals surface area contributed by atoms with Crippen LogP contribution in [0.3, 0.4) is 0 Å². The molecule has 1 aromatic carbocycles. The Balaban J connectivity index is 2.64. The van der Waals surface area contributed by atoms with Gasteiger partial charge in [-0.2, -0.15) is 0 Å². The summed E-state index contributed by atoms with van der Waals surface area (Å²) in [6.45, 7) is 6.83. The lowest BCUT2D eigenvalue weighted by Crippen LogP contribution is -2.14. The van der Waals surface area contributed by atoms with E-state index in [0.29, 0.717) is 0 Å². The van der Waals surface area contributed by atoms with E-state index in [-0.39, 0.29) is 5.41 Å². The maximum Gasteiger partial charge on any atom is 0.0457 e. The van der Waals surface area contributed by atoms with Crippen LogP contribution in [0.2, 0.25) is 0 Å². The number of rotatable bonds is 2. The van der Waals surface area contributed by atoms with E-state index in [0.717, 1.165) is 6.42 Å². The van der Waals surface area contributed by atoms with Gasteiger partial charge in [-0.15, -0.1) is 0 Å². The number of benzene rings is 1. The summed E-state index contributed by atoms with van der Waals surface area (Å²) in [7, 11) is 0. The lowest BCUT2D eigenvalue weighted by atomic mass is 9.82. The Bertz CT molecular complexity index is 437. The van der Waals surface area contributed by atoms with Crippen LogP contribution >= 0.6 is 0 Å². The van der Waals surface area contributed by atoms with Gasteiger partial charge in [-0.1, -0.05) is 39.0 Å². The van der Waals surface area contributed by atoms with Crippen LogP contribution < -0.4 is 0 Å². The fraction of sp³-hybridized carbons (Fsp3) is 0.385. The van der Waals surface area contributed by atoms with Crippen LogP contribution in [0.4, 0.5) is 0 Å². The van der Waals surface area contributed by atoms with Crippen LogP contribution in [0.5, 0.6) is 0 Å². The Morgan fingerprint density at radius 2 is 1.93 bits per heavy atom. The van der Waals surface area contributed by atoms with Crippen LogP contribution in [-0.4, -0.2) is 4.98 Å². The fourth-order valence-corrected chi connectivity index (χ4v) is 1.82. The second-order valence-electron chi connectivity index (χ2n) is 4.49. The molecule has 0 saturated heterocycles. The minimum Gasteiger partial charge on any atom is -0.361 e. The van der Waals surface area contributed by atoms with E-state index < -0.39 is 0 Å². The zero-order chi connectivity index (χ0) is 10.2. The second-order valence-corrected chi connectivity index (χ2v) is 4.49. The summed E-state index contributed by atoms with van der Waals surface area (Å²) in [5, 5.41) is 1.36. The first-order chi connectivity index (χ1) is 6.65. The molecular weight excluding hydrogens is 170 g/mol. The quantitative estimate of drug-likeness (QED) is 0.735. The smallest absolute Gasteiger partial charge is 0.0457 e. The molecule has 0 spiro atoms. The highest BCUT2D eigenvalue weighted by molar-refractivity contribution is 5.84. The van der Waals surface area contributed by atoms with Gasteiger partial charge >= 0.3 is 0 Å². The van der Waals surface area contributed by atoms with E-state index >= 15 is 0 Å². The molecule has 14 heavy (non-hydrogen) atoms. The first kappa shape index (κ1) is 9.32. The third-order valence-electron chi connectivity index (χ3n) is 3.20. The summed E-state index contributed by atoms with van der Waals surface area (Å²) in [4.78, 5) is 3.33. The van der Waals surface area contributed by atoms with Crippen molar-refractivity contribution in [2.75, 3.05) is 0 Å². The van der Waals surface area contributed by atoms with Gasteiger partial charge in [0.1, 0.15) is 0 Å². The summed E-state index contributed by atoms with van der Waals surface area (Å²) >= 11 is 0. The van der Waals surface area contributed by atoms with Gasteiger partial charge in [0, 0.05) is 17.1 Å².